The molecule has 1 heterocycles. The quantitative estimate of drug-likeness (QED) is 0.334. The van der Waals surface area contributed by atoms with Gasteiger partial charge in [-0.25, -0.2) is 4.79 Å². The van der Waals surface area contributed by atoms with E-state index in [2.05, 4.69) is 5.32 Å². The summed E-state index contributed by atoms with van der Waals surface area (Å²) in [7, 11) is 0. The molecule has 0 spiro atoms. The second kappa shape index (κ2) is 9.33. The normalized spacial score (nSPS) is 28.4. The first kappa shape index (κ1) is 25.5. The number of hydrogen-bond acceptors (Lipinski definition) is 5. The standard InChI is InChI=1S/C25H19Cl2F3N2O5/c26-20-13-9-14(21(20)27)19-18(13)22(34)32(23(19)35)12-7-5-11(6-8-12)24(36)37-10-17(33)31-16-4-2-1-3-15(16)25(28,29)30/h1-8,13-14,18-21H,9-10H2,(H,31,33)/t13-,14-,18-,19+,20-,21+/m1/s1. The lowest BCUT2D eigenvalue weighted by Gasteiger charge is -2.28. The van der Waals surface area contributed by atoms with Gasteiger partial charge in [0.05, 0.1) is 45.1 Å². The number of fused-ring (bicyclic) bond motifs is 5. The van der Waals surface area contributed by atoms with Crippen molar-refractivity contribution in [1.82, 2.24) is 0 Å². The zero-order chi connectivity index (χ0) is 26.6. The van der Waals surface area contributed by atoms with Gasteiger partial charge in [0.25, 0.3) is 5.91 Å². The van der Waals surface area contributed by atoms with E-state index in [0.717, 1.165) is 17.0 Å². The van der Waals surface area contributed by atoms with Crippen LogP contribution in [0, 0.1) is 23.7 Å². The van der Waals surface area contributed by atoms with E-state index in [0.29, 0.717) is 6.42 Å². The molecule has 6 atom stereocenters. The molecule has 2 saturated carbocycles. The molecule has 5 rings (SSSR count). The first-order valence-corrected chi connectivity index (χ1v) is 12.3. The predicted octanol–water partition coefficient (Wildman–Crippen LogP) is 4.47. The first-order chi connectivity index (χ1) is 17.5. The lowest BCUT2D eigenvalue weighted by molar-refractivity contribution is -0.137. The number of rotatable bonds is 5. The fourth-order valence-electron chi connectivity index (χ4n) is 5.59. The zero-order valence-electron chi connectivity index (χ0n) is 18.9. The minimum atomic E-state index is -4.67. The Balaban J connectivity index is 1.21. The molecule has 2 bridgehead atoms. The van der Waals surface area contributed by atoms with Crippen molar-refractivity contribution in [1.29, 1.82) is 0 Å². The van der Waals surface area contributed by atoms with Crippen molar-refractivity contribution < 1.29 is 37.1 Å². The number of para-hydroxylation sites is 1. The van der Waals surface area contributed by atoms with Gasteiger partial charge in [0, 0.05) is 0 Å². The van der Waals surface area contributed by atoms with Crippen molar-refractivity contribution in [2.75, 3.05) is 16.8 Å². The van der Waals surface area contributed by atoms with E-state index in [-0.39, 0.29) is 45.7 Å². The van der Waals surface area contributed by atoms with E-state index in [4.69, 9.17) is 27.9 Å². The van der Waals surface area contributed by atoms with Crippen LogP contribution in [0.5, 0.6) is 0 Å². The van der Waals surface area contributed by atoms with E-state index in [1.165, 1.54) is 36.4 Å². The van der Waals surface area contributed by atoms with Gasteiger partial charge in [-0.1, -0.05) is 12.1 Å². The maximum atomic E-state index is 13.1. The van der Waals surface area contributed by atoms with Crippen molar-refractivity contribution in [3.8, 4) is 0 Å². The van der Waals surface area contributed by atoms with E-state index < -0.39 is 47.7 Å². The van der Waals surface area contributed by atoms with Crippen LogP contribution in [0.4, 0.5) is 24.5 Å². The van der Waals surface area contributed by atoms with Crippen LogP contribution >= 0.6 is 23.2 Å². The van der Waals surface area contributed by atoms with Crippen LogP contribution in [0.15, 0.2) is 48.5 Å². The van der Waals surface area contributed by atoms with Crippen LogP contribution in [0.3, 0.4) is 0 Å². The highest BCUT2D eigenvalue weighted by molar-refractivity contribution is 6.32. The molecular formula is C25H19Cl2F3N2O5. The smallest absolute Gasteiger partial charge is 0.418 e. The van der Waals surface area contributed by atoms with Crippen molar-refractivity contribution in [2.45, 2.75) is 23.4 Å². The van der Waals surface area contributed by atoms with Gasteiger partial charge in [-0.05, 0) is 54.7 Å². The largest absolute Gasteiger partial charge is 0.452 e. The SMILES string of the molecule is O=C(COC(=O)c1ccc(N2C(=O)[C@@H]3[C@H]4C[C@@H]([C@H](Cl)[C@@H]4Cl)[C@@H]3C2=O)cc1)Nc1ccccc1C(F)(F)F. The summed E-state index contributed by atoms with van der Waals surface area (Å²) in [6, 6.07) is 9.89. The summed E-state index contributed by atoms with van der Waals surface area (Å²) in [5.74, 6) is -3.90. The van der Waals surface area contributed by atoms with Crippen molar-refractivity contribution in [3.05, 3.63) is 59.7 Å². The highest BCUT2D eigenvalue weighted by Gasteiger charge is 2.66. The highest BCUT2D eigenvalue weighted by atomic mass is 35.5. The molecule has 1 aliphatic heterocycles. The van der Waals surface area contributed by atoms with E-state index in [1.807, 2.05) is 0 Å². The van der Waals surface area contributed by atoms with Crippen LogP contribution in [-0.4, -0.2) is 41.1 Å². The van der Waals surface area contributed by atoms with E-state index in [1.54, 1.807) is 0 Å². The van der Waals surface area contributed by atoms with Gasteiger partial charge >= 0.3 is 12.1 Å². The Kier molecular flexibility index (Phi) is 6.44. The van der Waals surface area contributed by atoms with Gasteiger partial charge in [-0.15, -0.1) is 23.2 Å². The van der Waals surface area contributed by atoms with Crippen molar-refractivity contribution in [2.24, 2.45) is 23.7 Å². The van der Waals surface area contributed by atoms with Gasteiger partial charge in [-0.2, -0.15) is 13.2 Å². The summed E-state index contributed by atoms with van der Waals surface area (Å²) in [6.45, 7) is -0.818. The number of nitrogens with zero attached hydrogens (tertiary/aromatic N) is 1. The summed E-state index contributed by atoms with van der Waals surface area (Å²) < 4.78 is 44.1. The maximum Gasteiger partial charge on any atom is 0.418 e. The molecule has 194 valence electrons. The number of alkyl halides is 5. The van der Waals surface area contributed by atoms with Gasteiger partial charge in [0.15, 0.2) is 6.61 Å². The molecule has 0 radical (unpaired) electrons. The van der Waals surface area contributed by atoms with Gasteiger partial charge in [-0.3, -0.25) is 19.3 Å². The number of esters is 1. The Morgan fingerprint density at radius 2 is 1.51 bits per heavy atom. The predicted molar refractivity (Wildman–Crippen MR) is 127 cm³/mol. The highest BCUT2D eigenvalue weighted by Crippen LogP contribution is 2.59. The number of benzene rings is 2. The van der Waals surface area contributed by atoms with Crippen LogP contribution in [0.25, 0.3) is 0 Å². The number of imide groups is 1. The summed E-state index contributed by atoms with van der Waals surface area (Å²) in [5, 5.41) is 1.33. The number of nitrogens with one attached hydrogen (secondary N) is 1. The third-order valence-corrected chi connectivity index (χ3v) is 8.51. The molecule has 3 fully saturated rings. The summed E-state index contributed by atoms with van der Waals surface area (Å²) in [5.41, 5.74) is -1.19. The third kappa shape index (κ3) is 4.35. The Hall–Kier alpha value is -3.11. The minimum absolute atomic E-state index is 0.0215. The number of amides is 3. The average molecular weight is 555 g/mol. The van der Waals surface area contributed by atoms with Crippen molar-refractivity contribution in [3.63, 3.8) is 0 Å². The topological polar surface area (TPSA) is 92.8 Å². The number of carbonyl (C=O) groups is 4. The number of ether oxygens (including phenoxy) is 1. The van der Waals surface area contributed by atoms with Crippen LogP contribution in [0.2, 0.25) is 0 Å². The Labute approximate surface area is 218 Å². The first-order valence-electron chi connectivity index (χ1n) is 11.4. The number of hydrogen-bond donors (Lipinski definition) is 1. The second-order valence-electron chi connectivity index (χ2n) is 9.23. The number of halogens is 5. The molecule has 1 saturated heterocycles. The summed E-state index contributed by atoms with van der Waals surface area (Å²) in [4.78, 5) is 51.7. The average Bonchev–Trinajstić information content (AvgIpc) is 3.47. The molecule has 7 nitrogen and oxygen atoms in total. The molecule has 2 aliphatic carbocycles. The Morgan fingerprint density at radius 1 is 0.946 bits per heavy atom. The lowest BCUT2D eigenvalue weighted by Crippen LogP contribution is -2.37. The molecule has 2 aromatic carbocycles. The van der Waals surface area contributed by atoms with Crippen LogP contribution < -0.4 is 10.2 Å². The van der Waals surface area contributed by atoms with Gasteiger partial charge in [0.1, 0.15) is 0 Å². The van der Waals surface area contributed by atoms with E-state index in [9.17, 15) is 32.3 Å². The van der Waals surface area contributed by atoms with Gasteiger partial charge in [0.2, 0.25) is 11.8 Å². The molecule has 1 N–H and O–H groups in total. The van der Waals surface area contributed by atoms with Gasteiger partial charge < -0.3 is 10.1 Å². The number of anilines is 2. The molecular weight excluding hydrogens is 536 g/mol. The third-order valence-electron chi connectivity index (χ3n) is 7.19. The molecule has 12 heteroatoms. The number of carbonyl (C=O) groups excluding carboxylic acids is 4. The molecule has 3 amide bonds. The maximum absolute atomic E-state index is 13.1. The molecule has 3 aliphatic rings. The summed E-state index contributed by atoms with van der Waals surface area (Å²) in [6.07, 6.45) is -4.03. The Bertz CT molecular complexity index is 1250. The fraction of sp³-hybridized carbons (Fsp3) is 0.360. The zero-order valence-corrected chi connectivity index (χ0v) is 20.4. The minimum Gasteiger partial charge on any atom is -0.452 e. The Morgan fingerprint density at radius 3 is 2.08 bits per heavy atom. The van der Waals surface area contributed by atoms with Crippen molar-refractivity contribution >= 4 is 58.3 Å². The second-order valence-corrected chi connectivity index (χ2v) is 10.2. The molecule has 0 aromatic heterocycles. The fourth-order valence-corrected chi connectivity index (χ4v) is 6.48. The monoisotopic (exact) mass is 554 g/mol. The summed E-state index contributed by atoms with van der Waals surface area (Å²) >= 11 is 12.7. The molecule has 37 heavy (non-hydrogen) atoms. The molecule has 0 unspecified atom stereocenters. The van der Waals surface area contributed by atoms with E-state index >= 15 is 0 Å². The lowest BCUT2D eigenvalue weighted by atomic mass is 9.80. The molecule has 2 aromatic rings. The van der Waals surface area contributed by atoms with Crippen LogP contribution in [-0.2, 0) is 25.3 Å². The van der Waals surface area contributed by atoms with Crippen LogP contribution in [0.1, 0.15) is 22.3 Å².